The van der Waals surface area contributed by atoms with E-state index >= 15 is 0 Å². The lowest BCUT2D eigenvalue weighted by atomic mass is 9.91. The maximum Gasteiger partial charge on any atom is 0.426 e. The number of benzene rings is 3. The molecule has 3 nitrogen and oxygen atoms in total. The molecular weight excluding hydrogens is 510 g/mol. The van der Waals surface area contributed by atoms with Gasteiger partial charge in [0.25, 0.3) is 0 Å². The molecule has 2 unspecified atom stereocenters. The average molecular weight is 537 g/mol. The van der Waals surface area contributed by atoms with Gasteiger partial charge in [-0.2, -0.15) is 17.6 Å². The van der Waals surface area contributed by atoms with Crippen LogP contribution in [0.1, 0.15) is 49.8 Å². The Hall–Kier alpha value is -3.46. The minimum Gasteiger partial charge on any atom is -0.453 e. The van der Waals surface area contributed by atoms with Crippen LogP contribution in [-0.2, 0) is 10.8 Å². The smallest absolute Gasteiger partial charge is 0.426 e. The van der Waals surface area contributed by atoms with Crippen molar-refractivity contribution in [2.24, 2.45) is 5.92 Å². The van der Waals surface area contributed by atoms with Gasteiger partial charge in [-0.1, -0.05) is 37.6 Å². The summed E-state index contributed by atoms with van der Waals surface area (Å²) < 4.78 is 97.4. The molecule has 0 bridgehead atoms. The largest absolute Gasteiger partial charge is 0.453 e. The Morgan fingerprint density at radius 3 is 2.16 bits per heavy atom. The predicted molar refractivity (Wildman–Crippen MR) is 130 cm³/mol. The van der Waals surface area contributed by atoms with E-state index in [1.807, 2.05) is 0 Å². The van der Waals surface area contributed by atoms with E-state index in [1.165, 1.54) is 36.4 Å². The second-order valence-corrected chi connectivity index (χ2v) is 9.11. The van der Waals surface area contributed by atoms with E-state index in [4.69, 9.17) is 9.47 Å². The van der Waals surface area contributed by atoms with Gasteiger partial charge >= 0.3 is 12.2 Å². The van der Waals surface area contributed by atoms with Crippen LogP contribution in [0.25, 0.3) is 11.1 Å². The zero-order chi connectivity index (χ0) is 27.3. The van der Waals surface area contributed by atoms with Crippen LogP contribution in [0.2, 0.25) is 0 Å². The maximum atomic E-state index is 14.8. The van der Waals surface area contributed by atoms with E-state index in [-0.39, 0.29) is 34.8 Å². The summed E-state index contributed by atoms with van der Waals surface area (Å²) in [5, 5.41) is 0. The lowest BCUT2D eigenvalue weighted by molar-refractivity contribution is -0.185. The summed E-state index contributed by atoms with van der Waals surface area (Å²) in [6.07, 6.45) is -1.96. The maximum absolute atomic E-state index is 14.8. The van der Waals surface area contributed by atoms with E-state index in [2.05, 4.69) is 11.7 Å². The topological polar surface area (TPSA) is 27.7 Å². The first kappa shape index (κ1) is 27.6. The fraction of sp³-hybridized carbons (Fsp3) is 0.310. The third kappa shape index (κ3) is 6.69. The highest BCUT2D eigenvalue weighted by molar-refractivity contribution is 5.65. The van der Waals surface area contributed by atoms with Gasteiger partial charge in [0.05, 0.1) is 18.3 Å². The lowest BCUT2D eigenvalue weighted by Crippen LogP contribution is -2.23. The normalized spacial score (nSPS) is 17.7. The summed E-state index contributed by atoms with van der Waals surface area (Å²) in [6, 6.07) is 12.8. The van der Waals surface area contributed by atoms with E-state index in [0.29, 0.717) is 12.5 Å². The molecule has 0 radical (unpaired) electrons. The minimum absolute atomic E-state index is 0.0527. The molecule has 0 spiro atoms. The molecule has 1 fully saturated rings. The lowest BCUT2D eigenvalue weighted by Gasteiger charge is -2.29. The van der Waals surface area contributed by atoms with Crippen molar-refractivity contribution < 1.29 is 40.6 Å². The quantitative estimate of drug-likeness (QED) is 0.202. The Morgan fingerprint density at radius 2 is 1.61 bits per heavy atom. The first-order chi connectivity index (χ1) is 18.2. The van der Waals surface area contributed by atoms with Gasteiger partial charge in [0, 0.05) is 0 Å². The molecule has 0 aromatic heterocycles. The molecule has 0 aliphatic carbocycles. The Bertz CT molecular complexity index is 1220. The summed E-state index contributed by atoms with van der Waals surface area (Å²) >= 11 is 0. The first-order valence-electron chi connectivity index (χ1n) is 12.2. The molecule has 38 heavy (non-hydrogen) atoms. The number of halogens is 6. The highest BCUT2D eigenvalue weighted by atomic mass is 19.3. The Kier molecular flexibility index (Phi) is 8.66. The van der Waals surface area contributed by atoms with Gasteiger partial charge in [0.1, 0.15) is 5.75 Å². The van der Waals surface area contributed by atoms with E-state index in [0.717, 1.165) is 43.4 Å². The van der Waals surface area contributed by atoms with Crippen LogP contribution in [0.4, 0.5) is 26.3 Å². The van der Waals surface area contributed by atoms with Crippen LogP contribution in [0, 0.1) is 17.6 Å². The Balaban J connectivity index is 1.41. The molecule has 4 rings (SSSR count). The zero-order valence-electron chi connectivity index (χ0n) is 20.5. The molecule has 1 heterocycles. The molecule has 0 N–H and O–H groups in total. The van der Waals surface area contributed by atoms with Crippen LogP contribution >= 0.6 is 0 Å². The Labute approximate surface area is 216 Å². The minimum atomic E-state index is -3.63. The van der Waals surface area contributed by atoms with Crippen molar-refractivity contribution in [1.29, 1.82) is 0 Å². The molecular formula is C29H26F6O3. The number of alkyl halides is 2. The number of hydrogen-bond donors (Lipinski definition) is 0. The van der Waals surface area contributed by atoms with Crippen molar-refractivity contribution in [1.82, 2.24) is 0 Å². The Morgan fingerprint density at radius 1 is 0.947 bits per heavy atom. The fourth-order valence-electron chi connectivity index (χ4n) is 4.46. The number of ether oxygens (including phenoxy) is 3. The van der Waals surface area contributed by atoms with Gasteiger partial charge in [0.15, 0.2) is 23.6 Å². The van der Waals surface area contributed by atoms with Crippen LogP contribution in [-0.4, -0.2) is 6.61 Å². The number of hydrogen-bond acceptors (Lipinski definition) is 3. The molecule has 0 amide bonds. The van der Waals surface area contributed by atoms with E-state index < -0.39 is 29.6 Å². The van der Waals surface area contributed by atoms with Crippen molar-refractivity contribution in [3.05, 3.63) is 95.8 Å². The van der Waals surface area contributed by atoms with E-state index in [1.54, 1.807) is 12.1 Å². The monoisotopic (exact) mass is 536 g/mol. The van der Waals surface area contributed by atoms with Gasteiger partial charge < -0.3 is 14.2 Å². The van der Waals surface area contributed by atoms with Gasteiger partial charge in [-0.05, 0) is 78.3 Å². The summed E-state index contributed by atoms with van der Waals surface area (Å²) in [7, 11) is 0. The molecule has 0 saturated carbocycles. The standard InChI is InChI=1S/C29H26F6O3/c1-2-3-18-4-13-26(36-16-18)20-5-9-22(10-6-20)29(34,35)38-23-11-7-19(8-12-23)21-14-24(30)28(25(31)15-21)37-17-27(32)33/h5-12,14-15,17-18,26H,2-4,13,16H2,1H3. The van der Waals surface area contributed by atoms with Crippen molar-refractivity contribution in [3.8, 4) is 22.6 Å². The summed E-state index contributed by atoms with van der Waals surface area (Å²) in [6.45, 7) is 2.81. The highest BCUT2D eigenvalue weighted by Crippen LogP contribution is 2.36. The van der Waals surface area contributed by atoms with Gasteiger partial charge in [-0.15, -0.1) is 0 Å². The molecule has 9 heteroatoms. The van der Waals surface area contributed by atoms with E-state index in [9.17, 15) is 26.3 Å². The third-order valence-electron chi connectivity index (χ3n) is 6.38. The predicted octanol–water partition coefficient (Wildman–Crippen LogP) is 9.14. The molecule has 3 aromatic rings. The highest BCUT2D eigenvalue weighted by Gasteiger charge is 2.35. The molecule has 202 valence electrons. The SMILES string of the molecule is CCCC1CCC(c2ccc(C(F)(F)Oc3ccc(-c4cc(F)c(OC=C(F)F)c(F)c4)cc3)cc2)OC1. The number of rotatable bonds is 9. The molecule has 1 aliphatic heterocycles. The van der Waals surface area contributed by atoms with Gasteiger partial charge in [-0.25, -0.2) is 8.78 Å². The summed E-state index contributed by atoms with van der Waals surface area (Å²) in [5.41, 5.74) is 0.848. The first-order valence-corrected chi connectivity index (χ1v) is 12.2. The third-order valence-corrected chi connectivity index (χ3v) is 6.38. The van der Waals surface area contributed by atoms with Crippen molar-refractivity contribution in [2.45, 2.75) is 44.8 Å². The van der Waals surface area contributed by atoms with Crippen LogP contribution in [0.3, 0.4) is 0 Å². The fourth-order valence-corrected chi connectivity index (χ4v) is 4.46. The van der Waals surface area contributed by atoms with Crippen molar-refractivity contribution in [3.63, 3.8) is 0 Å². The zero-order valence-corrected chi connectivity index (χ0v) is 20.5. The van der Waals surface area contributed by atoms with Crippen molar-refractivity contribution in [2.75, 3.05) is 6.61 Å². The second kappa shape index (κ2) is 11.9. The molecule has 1 aliphatic rings. The summed E-state index contributed by atoms with van der Waals surface area (Å²) in [5.74, 6) is -3.01. The van der Waals surface area contributed by atoms with Gasteiger partial charge in [0.2, 0.25) is 0 Å². The molecule has 3 aromatic carbocycles. The van der Waals surface area contributed by atoms with Crippen LogP contribution in [0.5, 0.6) is 11.5 Å². The average Bonchev–Trinajstić information content (AvgIpc) is 2.89. The summed E-state index contributed by atoms with van der Waals surface area (Å²) in [4.78, 5) is 0. The van der Waals surface area contributed by atoms with Crippen LogP contribution in [0.15, 0.2) is 73.0 Å². The van der Waals surface area contributed by atoms with Crippen LogP contribution < -0.4 is 9.47 Å². The molecule has 2 atom stereocenters. The van der Waals surface area contributed by atoms with Gasteiger partial charge in [-0.3, -0.25) is 0 Å². The molecule has 1 saturated heterocycles. The second-order valence-electron chi connectivity index (χ2n) is 9.11. The van der Waals surface area contributed by atoms with Crippen molar-refractivity contribution >= 4 is 0 Å².